The van der Waals surface area contributed by atoms with Crippen molar-refractivity contribution in [3.63, 3.8) is 0 Å². The van der Waals surface area contributed by atoms with Crippen molar-refractivity contribution in [2.24, 2.45) is 0 Å². The van der Waals surface area contributed by atoms with Gasteiger partial charge in [-0.15, -0.1) is 0 Å². The first-order valence-corrected chi connectivity index (χ1v) is 12.2. The summed E-state index contributed by atoms with van der Waals surface area (Å²) in [6, 6.07) is 15.9. The van der Waals surface area contributed by atoms with Crippen LogP contribution in [0, 0.1) is 5.82 Å². The number of nitrogens with zero attached hydrogens (tertiary/aromatic N) is 3. The molecule has 4 rings (SSSR count). The number of benzene rings is 2. The van der Waals surface area contributed by atoms with Gasteiger partial charge in [0, 0.05) is 26.2 Å². The van der Waals surface area contributed by atoms with Gasteiger partial charge in [0.15, 0.2) is 0 Å². The van der Waals surface area contributed by atoms with Crippen molar-refractivity contribution in [1.29, 1.82) is 0 Å². The summed E-state index contributed by atoms with van der Waals surface area (Å²) >= 11 is 0. The predicted octanol–water partition coefficient (Wildman–Crippen LogP) is 5.12. The van der Waals surface area contributed by atoms with E-state index >= 15 is 0 Å². The molecule has 34 heavy (non-hydrogen) atoms. The average Bonchev–Trinajstić information content (AvgIpc) is 3.49. The van der Waals surface area contributed by atoms with Crippen LogP contribution in [0.2, 0.25) is 0 Å². The van der Waals surface area contributed by atoms with Crippen LogP contribution in [0.25, 0.3) is 5.69 Å². The summed E-state index contributed by atoms with van der Waals surface area (Å²) in [5.74, 6) is 0.842. The zero-order valence-electron chi connectivity index (χ0n) is 20.0. The van der Waals surface area contributed by atoms with Crippen LogP contribution in [0.5, 0.6) is 11.6 Å². The maximum Gasteiger partial charge on any atom is 0.227 e. The van der Waals surface area contributed by atoms with Gasteiger partial charge in [-0.3, -0.25) is 4.90 Å². The third-order valence-electron chi connectivity index (χ3n) is 6.19. The normalized spacial score (nSPS) is 16.8. The van der Waals surface area contributed by atoms with Gasteiger partial charge >= 0.3 is 0 Å². The van der Waals surface area contributed by atoms with Crippen LogP contribution in [0.4, 0.5) is 4.39 Å². The first-order valence-electron chi connectivity index (χ1n) is 12.2. The molecule has 7 heteroatoms. The molecule has 1 N–H and O–H groups in total. The zero-order chi connectivity index (χ0) is 23.9. The number of rotatable bonds is 11. The summed E-state index contributed by atoms with van der Waals surface area (Å²) in [5.41, 5.74) is 2.79. The minimum atomic E-state index is -0.419. The Hall–Kier alpha value is -2.74. The molecule has 0 saturated carbocycles. The molecule has 2 aromatic carbocycles. The number of para-hydroxylation sites is 1. The number of aryl methyl sites for hydroxylation is 1. The van der Waals surface area contributed by atoms with E-state index in [1.165, 1.54) is 12.1 Å². The molecule has 1 aliphatic heterocycles. The summed E-state index contributed by atoms with van der Waals surface area (Å²) < 4.78 is 27.6. The lowest BCUT2D eigenvalue weighted by Gasteiger charge is -2.27. The molecule has 0 bridgehead atoms. The summed E-state index contributed by atoms with van der Waals surface area (Å²) in [4.78, 5) is 2.24. The topological polar surface area (TPSA) is 59.8 Å². The van der Waals surface area contributed by atoms with E-state index in [0.717, 1.165) is 49.4 Å². The van der Waals surface area contributed by atoms with E-state index in [9.17, 15) is 9.50 Å². The van der Waals surface area contributed by atoms with Gasteiger partial charge in [-0.1, -0.05) is 32.0 Å². The summed E-state index contributed by atoms with van der Waals surface area (Å²) in [6.45, 7) is 6.72. The molecule has 182 valence electrons. The number of hydrogen-bond donors (Lipinski definition) is 1. The van der Waals surface area contributed by atoms with Crippen molar-refractivity contribution >= 4 is 0 Å². The first-order chi connectivity index (χ1) is 16.6. The number of ether oxygens (including phenoxy) is 2. The Morgan fingerprint density at radius 1 is 1.18 bits per heavy atom. The van der Waals surface area contributed by atoms with Gasteiger partial charge in [-0.25, -0.2) is 9.07 Å². The molecule has 0 amide bonds. The molecule has 1 aliphatic rings. The molecule has 1 fully saturated rings. The van der Waals surface area contributed by atoms with Crippen LogP contribution in [0.1, 0.15) is 44.4 Å². The zero-order valence-corrected chi connectivity index (χ0v) is 20.0. The highest BCUT2D eigenvalue weighted by atomic mass is 19.1. The van der Waals surface area contributed by atoms with E-state index in [0.29, 0.717) is 31.1 Å². The smallest absolute Gasteiger partial charge is 0.227 e. The molecular formula is C27H34FN3O3. The van der Waals surface area contributed by atoms with Crippen LogP contribution >= 0.6 is 0 Å². The molecule has 0 aliphatic carbocycles. The Morgan fingerprint density at radius 2 is 1.94 bits per heavy atom. The molecule has 1 aromatic heterocycles. The standard InChI is InChI=1S/C27H34FN3O3/c1-3-22(32)17-30(18-24-11-8-16-33-24)19-25-26(4-2)29-31(21-9-6-5-7-10-21)27(25)34-23-14-12-20(28)13-15-23/h5-7,9-10,12-15,22,24,32H,3-4,8,11,16-19H2,1-2H3/t22-,24-/m0/s1. The number of aliphatic hydroxyl groups excluding tert-OH is 1. The van der Waals surface area contributed by atoms with Crippen LogP contribution < -0.4 is 4.74 Å². The van der Waals surface area contributed by atoms with Crippen molar-refractivity contribution in [3.8, 4) is 17.3 Å². The molecule has 1 saturated heterocycles. The quantitative estimate of drug-likeness (QED) is 0.424. The predicted molar refractivity (Wildman–Crippen MR) is 130 cm³/mol. The fraction of sp³-hybridized carbons (Fsp3) is 0.444. The third-order valence-corrected chi connectivity index (χ3v) is 6.19. The largest absolute Gasteiger partial charge is 0.439 e. The molecule has 2 heterocycles. The average molecular weight is 468 g/mol. The van der Waals surface area contributed by atoms with Crippen molar-refractivity contribution in [1.82, 2.24) is 14.7 Å². The molecule has 0 radical (unpaired) electrons. The SMILES string of the molecule is CCc1nn(-c2ccccc2)c(Oc2ccc(F)cc2)c1CN(C[C@@H](O)CC)C[C@@H]1CCCO1. The molecule has 0 unspecified atom stereocenters. The lowest BCUT2D eigenvalue weighted by Crippen LogP contribution is -2.37. The van der Waals surface area contributed by atoms with Gasteiger partial charge in [0.1, 0.15) is 11.6 Å². The second kappa shape index (κ2) is 11.6. The third kappa shape index (κ3) is 6.03. The van der Waals surface area contributed by atoms with E-state index in [-0.39, 0.29) is 11.9 Å². The van der Waals surface area contributed by atoms with Crippen LogP contribution in [-0.4, -0.2) is 51.7 Å². The van der Waals surface area contributed by atoms with Gasteiger partial charge in [-0.2, -0.15) is 5.10 Å². The van der Waals surface area contributed by atoms with Gasteiger partial charge < -0.3 is 14.6 Å². The van der Waals surface area contributed by atoms with Crippen molar-refractivity contribution in [2.75, 3.05) is 19.7 Å². The highest BCUT2D eigenvalue weighted by Crippen LogP contribution is 2.32. The van der Waals surface area contributed by atoms with Gasteiger partial charge in [0.05, 0.1) is 29.2 Å². The monoisotopic (exact) mass is 467 g/mol. The highest BCUT2D eigenvalue weighted by Gasteiger charge is 2.26. The van der Waals surface area contributed by atoms with E-state index in [1.54, 1.807) is 12.1 Å². The lowest BCUT2D eigenvalue weighted by molar-refractivity contribution is 0.0451. The fourth-order valence-corrected chi connectivity index (χ4v) is 4.31. The van der Waals surface area contributed by atoms with Crippen molar-refractivity contribution in [3.05, 3.63) is 71.7 Å². The highest BCUT2D eigenvalue weighted by molar-refractivity contribution is 5.43. The van der Waals surface area contributed by atoms with Gasteiger partial charge in [-0.05, 0) is 62.1 Å². The second-order valence-corrected chi connectivity index (χ2v) is 8.78. The summed E-state index contributed by atoms with van der Waals surface area (Å²) in [7, 11) is 0. The number of aromatic nitrogens is 2. The van der Waals surface area contributed by atoms with Gasteiger partial charge in [0.2, 0.25) is 5.88 Å². The molecule has 2 atom stereocenters. The Labute approximate surface area is 200 Å². The van der Waals surface area contributed by atoms with Crippen LogP contribution in [0.3, 0.4) is 0 Å². The minimum absolute atomic E-state index is 0.166. The van der Waals surface area contributed by atoms with Crippen LogP contribution in [-0.2, 0) is 17.7 Å². The lowest BCUT2D eigenvalue weighted by atomic mass is 10.1. The first kappa shape index (κ1) is 24.4. The Morgan fingerprint density at radius 3 is 2.59 bits per heavy atom. The van der Waals surface area contributed by atoms with Crippen molar-refractivity contribution < 1.29 is 19.0 Å². The van der Waals surface area contributed by atoms with Gasteiger partial charge in [0.25, 0.3) is 0 Å². The number of halogens is 1. The Bertz CT molecular complexity index is 1030. The van der Waals surface area contributed by atoms with Crippen molar-refractivity contribution in [2.45, 2.75) is 58.3 Å². The fourth-order valence-electron chi connectivity index (χ4n) is 4.31. The Kier molecular flexibility index (Phi) is 8.32. The summed E-state index contributed by atoms with van der Waals surface area (Å²) in [6.07, 6.45) is 3.27. The maximum absolute atomic E-state index is 13.5. The van der Waals surface area contributed by atoms with Crippen LogP contribution in [0.15, 0.2) is 54.6 Å². The Balaban J connectivity index is 1.72. The maximum atomic E-state index is 13.5. The minimum Gasteiger partial charge on any atom is -0.439 e. The molecular weight excluding hydrogens is 433 g/mol. The van der Waals surface area contributed by atoms with E-state index in [1.807, 2.05) is 41.9 Å². The summed E-state index contributed by atoms with van der Waals surface area (Å²) in [5, 5.41) is 15.3. The second-order valence-electron chi connectivity index (χ2n) is 8.78. The molecule has 6 nitrogen and oxygen atoms in total. The number of hydrogen-bond acceptors (Lipinski definition) is 5. The molecule has 0 spiro atoms. The van der Waals surface area contributed by atoms with E-state index in [2.05, 4.69) is 11.8 Å². The number of aliphatic hydroxyl groups is 1. The van der Waals surface area contributed by atoms with E-state index < -0.39 is 6.10 Å². The van der Waals surface area contributed by atoms with E-state index in [4.69, 9.17) is 14.6 Å². The molecule has 3 aromatic rings.